The van der Waals surface area contributed by atoms with Crippen molar-refractivity contribution >= 4 is 27.7 Å². The van der Waals surface area contributed by atoms with E-state index >= 15 is 0 Å². The molecule has 1 saturated carbocycles. The van der Waals surface area contributed by atoms with Crippen LogP contribution in [0.5, 0.6) is 0 Å². The molecule has 1 aromatic heterocycles. The molecule has 2 heterocycles. The summed E-state index contributed by atoms with van der Waals surface area (Å²) >= 11 is 1.35. The lowest BCUT2D eigenvalue weighted by Crippen LogP contribution is -2.35. The molecule has 27 heavy (non-hydrogen) atoms. The molecule has 0 atom stereocenters. The van der Waals surface area contributed by atoms with Gasteiger partial charge in [0.05, 0.1) is 10.8 Å². The molecule has 8 heteroatoms. The van der Waals surface area contributed by atoms with Crippen LogP contribution in [-0.4, -0.2) is 48.5 Å². The maximum absolute atomic E-state index is 12.6. The predicted molar refractivity (Wildman–Crippen MR) is 107 cm³/mol. The Kier molecular flexibility index (Phi) is 7.55. The molecule has 1 N–H and O–H groups in total. The largest absolute Gasteiger partial charge is 0.353 e. The third kappa shape index (κ3) is 5.93. The minimum atomic E-state index is -3.45. The van der Waals surface area contributed by atoms with Crippen molar-refractivity contribution in [1.29, 1.82) is 0 Å². The van der Waals surface area contributed by atoms with E-state index < -0.39 is 10.0 Å². The van der Waals surface area contributed by atoms with E-state index in [0.29, 0.717) is 29.9 Å². The number of sulfonamides is 1. The summed E-state index contributed by atoms with van der Waals surface area (Å²) in [6.07, 6.45) is 11.4. The van der Waals surface area contributed by atoms with E-state index in [9.17, 15) is 13.2 Å². The molecular weight excluding hydrogens is 382 g/mol. The van der Waals surface area contributed by atoms with Crippen LogP contribution in [0.25, 0.3) is 0 Å². The fourth-order valence-corrected chi connectivity index (χ4v) is 5.81. The Morgan fingerprint density at radius 1 is 1.07 bits per heavy atom. The van der Waals surface area contributed by atoms with Crippen molar-refractivity contribution in [3.8, 4) is 0 Å². The number of hydrogen-bond acceptors (Lipinski definition) is 5. The number of nitrogens with one attached hydrogen (secondary N) is 1. The summed E-state index contributed by atoms with van der Waals surface area (Å²) in [7, 11) is -3.45. The monoisotopic (exact) mass is 411 g/mol. The summed E-state index contributed by atoms with van der Waals surface area (Å²) in [5.74, 6) is 0.334. The average molecular weight is 412 g/mol. The predicted octanol–water partition coefficient (Wildman–Crippen LogP) is 3.19. The average Bonchev–Trinajstić information content (AvgIpc) is 2.96. The zero-order valence-electron chi connectivity index (χ0n) is 15.7. The van der Waals surface area contributed by atoms with Crippen LogP contribution in [0.15, 0.2) is 28.3 Å². The highest BCUT2D eigenvalue weighted by Gasteiger charge is 2.26. The molecule has 1 amide bonds. The van der Waals surface area contributed by atoms with E-state index in [1.54, 1.807) is 16.4 Å². The van der Waals surface area contributed by atoms with Crippen molar-refractivity contribution in [3.63, 3.8) is 0 Å². The molecule has 0 radical (unpaired) electrons. The first-order valence-corrected chi connectivity index (χ1v) is 12.4. The SMILES string of the molecule is O=C(CSc1ccc(S(=O)(=O)N2CCCCC2)cn1)NC1CCCCCC1. The number of nitrogens with zero attached hydrogens (tertiary/aromatic N) is 2. The van der Waals surface area contributed by atoms with E-state index in [2.05, 4.69) is 10.3 Å². The van der Waals surface area contributed by atoms with Crippen LogP contribution in [0.1, 0.15) is 57.8 Å². The van der Waals surface area contributed by atoms with Gasteiger partial charge < -0.3 is 5.32 Å². The number of piperidine rings is 1. The Labute approximate surface area is 166 Å². The van der Waals surface area contributed by atoms with E-state index in [4.69, 9.17) is 0 Å². The van der Waals surface area contributed by atoms with Gasteiger partial charge in [-0.1, -0.05) is 43.9 Å². The second kappa shape index (κ2) is 9.89. The lowest BCUT2D eigenvalue weighted by atomic mass is 10.1. The van der Waals surface area contributed by atoms with E-state index in [1.807, 2.05) is 0 Å². The number of pyridine rings is 1. The van der Waals surface area contributed by atoms with Crippen LogP contribution in [0.3, 0.4) is 0 Å². The Hall–Kier alpha value is -1.12. The fraction of sp³-hybridized carbons (Fsp3) is 0.684. The number of carbonyl (C=O) groups excluding carboxylic acids is 1. The summed E-state index contributed by atoms with van der Waals surface area (Å²) in [5.41, 5.74) is 0. The quantitative estimate of drug-likeness (QED) is 0.574. The van der Waals surface area contributed by atoms with Gasteiger partial charge in [0.1, 0.15) is 4.90 Å². The number of hydrogen-bond donors (Lipinski definition) is 1. The standard InChI is InChI=1S/C19H29N3O3S2/c23-18(21-16-8-4-1-2-5-9-16)15-26-19-11-10-17(14-20-19)27(24,25)22-12-6-3-7-13-22/h10-11,14,16H,1-9,12-13,15H2,(H,21,23). The molecule has 3 rings (SSSR count). The van der Waals surface area contributed by atoms with Crippen molar-refractivity contribution in [2.45, 2.75) is 73.8 Å². The molecule has 1 aromatic rings. The first kappa shape index (κ1) is 20.6. The maximum Gasteiger partial charge on any atom is 0.244 e. The second-order valence-corrected chi connectivity index (χ2v) is 10.3. The smallest absolute Gasteiger partial charge is 0.244 e. The first-order chi connectivity index (χ1) is 13.1. The lowest BCUT2D eigenvalue weighted by Gasteiger charge is -2.25. The lowest BCUT2D eigenvalue weighted by molar-refractivity contribution is -0.119. The minimum Gasteiger partial charge on any atom is -0.353 e. The highest BCUT2D eigenvalue weighted by molar-refractivity contribution is 7.99. The van der Waals surface area contributed by atoms with Gasteiger partial charge in [-0.05, 0) is 37.8 Å². The summed E-state index contributed by atoms with van der Waals surface area (Å²) in [6, 6.07) is 3.59. The van der Waals surface area contributed by atoms with Crippen molar-refractivity contribution in [2.75, 3.05) is 18.8 Å². The molecule has 0 bridgehead atoms. The van der Waals surface area contributed by atoms with Gasteiger partial charge in [0.25, 0.3) is 0 Å². The van der Waals surface area contributed by atoms with Gasteiger partial charge in [0, 0.05) is 25.3 Å². The van der Waals surface area contributed by atoms with Crippen LogP contribution >= 0.6 is 11.8 Å². The van der Waals surface area contributed by atoms with Gasteiger partial charge in [-0.25, -0.2) is 13.4 Å². The van der Waals surface area contributed by atoms with Crippen LogP contribution in [0.2, 0.25) is 0 Å². The Morgan fingerprint density at radius 2 is 1.74 bits per heavy atom. The molecule has 1 saturated heterocycles. The van der Waals surface area contributed by atoms with E-state index in [-0.39, 0.29) is 10.8 Å². The summed E-state index contributed by atoms with van der Waals surface area (Å²) in [5, 5.41) is 3.79. The Morgan fingerprint density at radius 3 is 2.37 bits per heavy atom. The molecule has 2 aliphatic rings. The normalized spacial score (nSPS) is 20.1. The first-order valence-electron chi connectivity index (χ1n) is 9.94. The third-order valence-corrected chi connectivity index (χ3v) is 8.06. The fourth-order valence-electron chi connectivity index (χ4n) is 3.69. The molecular formula is C19H29N3O3S2. The van der Waals surface area contributed by atoms with Crippen LogP contribution in [-0.2, 0) is 14.8 Å². The molecule has 0 unspecified atom stereocenters. The van der Waals surface area contributed by atoms with Gasteiger partial charge in [-0.3, -0.25) is 4.79 Å². The summed E-state index contributed by atoms with van der Waals surface area (Å²) < 4.78 is 26.8. The zero-order valence-corrected chi connectivity index (χ0v) is 17.4. The van der Waals surface area contributed by atoms with Gasteiger partial charge in [0.15, 0.2) is 0 Å². The van der Waals surface area contributed by atoms with Crippen LogP contribution < -0.4 is 5.32 Å². The molecule has 1 aliphatic carbocycles. The Bertz CT molecular complexity index is 708. The number of aromatic nitrogens is 1. The van der Waals surface area contributed by atoms with Gasteiger partial charge >= 0.3 is 0 Å². The summed E-state index contributed by atoms with van der Waals surface area (Å²) in [6.45, 7) is 1.17. The zero-order chi connectivity index (χ0) is 19.1. The van der Waals surface area contributed by atoms with E-state index in [0.717, 1.165) is 32.1 Å². The van der Waals surface area contributed by atoms with Gasteiger partial charge in [0.2, 0.25) is 15.9 Å². The summed E-state index contributed by atoms with van der Waals surface area (Å²) in [4.78, 5) is 16.7. The minimum absolute atomic E-state index is 0.0266. The second-order valence-electron chi connectivity index (χ2n) is 7.34. The van der Waals surface area contributed by atoms with Crippen molar-refractivity contribution in [3.05, 3.63) is 18.3 Å². The van der Waals surface area contributed by atoms with Gasteiger partial charge in [-0.15, -0.1) is 0 Å². The molecule has 6 nitrogen and oxygen atoms in total. The topological polar surface area (TPSA) is 79.4 Å². The number of amides is 1. The molecule has 150 valence electrons. The van der Waals surface area contributed by atoms with Crippen LogP contribution in [0, 0.1) is 0 Å². The highest BCUT2D eigenvalue weighted by atomic mass is 32.2. The highest BCUT2D eigenvalue weighted by Crippen LogP contribution is 2.23. The number of carbonyl (C=O) groups is 1. The molecule has 0 spiro atoms. The Balaban J connectivity index is 1.50. The molecule has 1 aliphatic heterocycles. The molecule has 2 fully saturated rings. The number of rotatable bonds is 6. The van der Waals surface area contributed by atoms with Crippen molar-refractivity contribution in [1.82, 2.24) is 14.6 Å². The van der Waals surface area contributed by atoms with Crippen molar-refractivity contribution in [2.24, 2.45) is 0 Å². The van der Waals surface area contributed by atoms with Crippen LogP contribution in [0.4, 0.5) is 0 Å². The van der Waals surface area contributed by atoms with E-state index in [1.165, 1.54) is 43.6 Å². The number of thioether (sulfide) groups is 1. The van der Waals surface area contributed by atoms with Crippen molar-refractivity contribution < 1.29 is 13.2 Å². The maximum atomic E-state index is 12.6. The van der Waals surface area contributed by atoms with Gasteiger partial charge in [-0.2, -0.15) is 4.31 Å². The third-order valence-electron chi connectivity index (χ3n) is 5.23. The molecule has 0 aromatic carbocycles.